The average Bonchev–Trinajstić information content (AvgIpc) is 3.25. The molecule has 2 aromatic heterocycles. The maximum absolute atomic E-state index is 13.7. The van der Waals surface area contributed by atoms with E-state index in [0.717, 1.165) is 16.6 Å². The minimum atomic E-state index is -3.58. The van der Waals surface area contributed by atoms with E-state index < -0.39 is 15.7 Å². The Morgan fingerprint density at radius 1 is 1.03 bits per heavy atom. The molecule has 2 heterocycles. The van der Waals surface area contributed by atoms with E-state index in [1.807, 2.05) is 30.3 Å². The van der Waals surface area contributed by atoms with E-state index in [1.165, 1.54) is 27.9 Å². The first kappa shape index (κ1) is 22.1. The molecule has 6 nitrogen and oxygen atoms in total. The van der Waals surface area contributed by atoms with Crippen molar-refractivity contribution in [3.63, 3.8) is 0 Å². The number of aryl methyl sites for hydroxylation is 1. The highest BCUT2D eigenvalue weighted by Crippen LogP contribution is 2.32. The lowest BCUT2D eigenvalue weighted by Gasteiger charge is -2.21. The predicted molar refractivity (Wildman–Crippen MR) is 128 cm³/mol. The molecule has 8 heteroatoms. The van der Waals surface area contributed by atoms with Crippen molar-refractivity contribution in [1.82, 2.24) is 9.97 Å². The molecule has 0 bridgehead atoms. The van der Waals surface area contributed by atoms with E-state index in [9.17, 15) is 13.2 Å². The number of sulfone groups is 1. The number of aromatic nitrogens is 2. The number of carbonyl (C=O) groups is 1. The maximum atomic E-state index is 13.7. The van der Waals surface area contributed by atoms with Crippen molar-refractivity contribution in [2.24, 2.45) is 0 Å². The van der Waals surface area contributed by atoms with Crippen LogP contribution in [0.4, 0.5) is 5.13 Å². The van der Waals surface area contributed by atoms with Gasteiger partial charge >= 0.3 is 0 Å². The molecule has 0 aliphatic heterocycles. The zero-order valence-electron chi connectivity index (χ0n) is 17.9. The Bertz CT molecular complexity index is 1370. The van der Waals surface area contributed by atoms with Gasteiger partial charge in [-0.3, -0.25) is 14.7 Å². The summed E-state index contributed by atoms with van der Waals surface area (Å²) in [7, 11) is -3.58. The van der Waals surface area contributed by atoms with Crippen molar-refractivity contribution in [2.45, 2.75) is 31.7 Å². The molecule has 0 aliphatic carbocycles. The third kappa shape index (κ3) is 4.42. The van der Waals surface area contributed by atoms with Crippen molar-refractivity contribution in [1.29, 1.82) is 0 Å². The fourth-order valence-electron chi connectivity index (χ4n) is 3.39. The number of benzene rings is 2. The molecule has 0 fully saturated rings. The van der Waals surface area contributed by atoms with E-state index >= 15 is 0 Å². The van der Waals surface area contributed by atoms with Gasteiger partial charge in [0.2, 0.25) is 0 Å². The zero-order valence-corrected chi connectivity index (χ0v) is 19.5. The van der Waals surface area contributed by atoms with Crippen LogP contribution in [0.25, 0.3) is 10.2 Å². The first-order chi connectivity index (χ1) is 15.4. The number of thiazole rings is 1. The van der Waals surface area contributed by atoms with Gasteiger partial charge in [-0.2, -0.15) is 0 Å². The Labute approximate surface area is 191 Å². The van der Waals surface area contributed by atoms with E-state index in [4.69, 9.17) is 0 Å². The van der Waals surface area contributed by atoms with Crippen LogP contribution in [0.5, 0.6) is 0 Å². The van der Waals surface area contributed by atoms with Crippen LogP contribution >= 0.6 is 11.3 Å². The van der Waals surface area contributed by atoms with E-state index in [0.29, 0.717) is 10.8 Å². The molecule has 0 saturated carbocycles. The summed E-state index contributed by atoms with van der Waals surface area (Å²) in [6.45, 7) is 3.84. The number of carbonyl (C=O) groups excluding carboxylic acids is 1. The van der Waals surface area contributed by atoms with Crippen molar-refractivity contribution >= 4 is 42.4 Å². The minimum Gasteiger partial charge on any atom is -0.278 e. The molecule has 0 aliphatic rings. The highest BCUT2D eigenvalue weighted by Gasteiger charge is 2.27. The number of pyridine rings is 1. The second-order valence-electron chi connectivity index (χ2n) is 7.26. The first-order valence-corrected chi connectivity index (χ1v) is 12.8. The van der Waals surface area contributed by atoms with Crippen LogP contribution in [-0.2, 0) is 22.8 Å². The predicted octanol–water partition coefficient (Wildman–Crippen LogP) is 4.89. The number of nitrogens with zero attached hydrogens (tertiary/aromatic N) is 3. The van der Waals surface area contributed by atoms with Crippen LogP contribution in [0, 0.1) is 0 Å². The SMILES string of the molecule is CCc1ccc2nc(N(Cc3ccccn3)C(=O)c3ccccc3S(=O)(=O)CC)sc2c1. The number of fused-ring (bicyclic) bond motifs is 1. The fourth-order valence-corrected chi connectivity index (χ4v) is 5.50. The smallest absolute Gasteiger partial charge is 0.261 e. The zero-order chi connectivity index (χ0) is 22.7. The molecule has 0 spiro atoms. The highest BCUT2D eigenvalue weighted by atomic mass is 32.2. The molecular weight excluding hydrogens is 442 g/mol. The second kappa shape index (κ2) is 9.18. The van der Waals surface area contributed by atoms with Gasteiger partial charge in [0.15, 0.2) is 15.0 Å². The first-order valence-electron chi connectivity index (χ1n) is 10.4. The summed E-state index contributed by atoms with van der Waals surface area (Å²) in [6, 6.07) is 17.9. The third-order valence-electron chi connectivity index (χ3n) is 5.20. The van der Waals surface area contributed by atoms with Crippen LogP contribution in [0.2, 0.25) is 0 Å². The van der Waals surface area contributed by atoms with Crippen LogP contribution in [-0.4, -0.2) is 30.0 Å². The second-order valence-corrected chi connectivity index (χ2v) is 10.5. The van der Waals surface area contributed by atoms with Crippen molar-refractivity contribution in [3.8, 4) is 0 Å². The molecule has 2 aromatic carbocycles. The molecular formula is C24H23N3O3S2. The van der Waals surface area contributed by atoms with Gasteiger partial charge in [0, 0.05) is 6.20 Å². The number of anilines is 1. The van der Waals surface area contributed by atoms with Crippen LogP contribution < -0.4 is 4.90 Å². The molecule has 32 heavy (non-hydrogen) atoms. The summed E-state index contributed by atoms with van der Waals surface area (Å²) in [5, 5.41) is 0.507. The van der Waals surface area contributed by atoms with Gasteiger partial charge in [-0.15, -0.1) is 0 Å². The average molecular weight is 466 g/mol. The Morgan fingerprint density at radius 2 is 1.81 bits per heavy atom. The van der Waals surface area contributed by atoms with Crippen LogP contribution in [0.1, 0.15) is 35.5 Å². The normalized spacial score (nSPS) is 11.6. The number of amides is 1. The monoisotopic (exact) mass is 465 g/mol. The summed E-state index contributed by atoms with van der Waals surface area (Å²) in [5.74, 6) is -0.503. The lowest BCUT2D eigenvalue weighted by Crippen LogP contribution is -2.32. The van der Waals surface area contributed by atoms with Crippen LogP contribution in [0.15, 0.2) is 71.8 Å². The summed E-state index contributed by atoms with van der Waals surface area (Å²) >= 11 is 1.41. The number of hydrogen-bond acceptors (Lipinski definition) is 6. The summed E-state index contributed by atoms with van der Waals surface area (Å²) in [6.07, 6.45) is 2.57. The minimum absolute atomic E-state index is 0.0351. The summed E-state index contributed by atoms with van der Waals surface area (Å²) < 4.78 is 26.3. The largest absolute Gasteiger partial charge is 0.278 e. The standard InChI is InChI=1S/C24H23N3O3S2/c1-3-17-12-13-20-21(15-17)31-24(26-20)27(16-18-9-7-8-14-25-18)23(28)19-10-5-6-11-22(19)32(29,30)4-2/h5-15H,3-4,16H2,1-2H3. The highest BCUT2D eigenvalue weighted by molar-refractivity contribution is 7.91. The van der Waals surface area contributed by atoms with E-state index in [2.05, 4.69) is 23.0 Å². The summed E-state index contributed by atoms with van der Waals surface area (Å²) in [5.41, 5.74) is 2.81. The van der Waals surface area contributed by atoms with Gasteiger partial charge in [0.25, 0.3) is 5.91 Å². The molecule has 0 radical (unpaired) electrons. The molecule has 0 unspecified atom stereocenters. The molecule has 1 amide bonds. The fraction of sp³-hybridized carbons (Fsp3) is 0.208. The lowest BCUT2D eigenvalue weighted by atomic mass is 10.2. The lowest BCUT2D eigenvalue weighted by molar-refractivity contribution is 0.0981. The van der Waals surface area contributed by atoms with Gasteiger partial charge in [0.05, 0.1) is 38.7 Å². The molecule has 4 rings (SSSR count). The quantitative estimate of drug-likeness (QED) is 0.388. The molecule has 164 valence electrons. The third-order valence-corrected chi connectivity index (χ3v) is 8.03. The maximum Gasteiger partial charge on any atom is 0.261 e. The Hall–Kier alpha value is -3.10. The van der Waals surface area contributed by atoms with Gasteiger partial charge in [-0.1, -0.05) is 49.4 Å². The molecule has 0 saturated heterocycles. The molecule has 0 N–H and O–H groups in total. The number of rotatable bonds is 7. The van der Waals surface area contributed by atoms with Gasteiger partial charge in [0.1, 0.15) is 0 Å². The van der Waals surface area contributed by atoms with Crippen molar-refractivity contribution in [2.75, 3.05) is 10.7 Å². The van der Waals surface area contributed by atoms with Gasteiger partial charge < -0.3 is 0 Å². The molecule has 0 atom stereocenters. The Balaban J connectivity index is 1.83. The number of hydrogen-bond donors (Lipinski definition) is 0. The van der Waals surface area contributed by atoms with Gasteiger partial charge in [-0.05, 0) is 48.4 Å². The Morgan fingerprint density at radius 3 is 2.53 bits per heavy atom. The van der Waals surface area contributed by atoms with E-state index in [-0.39, 0.29) is 22.8 Å². The van der Waals surface area contributed by atoms with E-state index in [1.54, 1.807) is 31.3 Å². The Kier molecular flexibility index (Phi) is 6.34. The van der Waals surface area contributed by atoms with Crippen molar-refractivity contribution < 1.29 is 13.2 Å². The van der Waals surface area contributed by atoms with Crippen LogP contribution in [0.3, 0.4) is 0 Å². The van der Waals surface area contributed by atoms with Gasteiger partial charge in [-0.25, -0.2) is 13.4 Å². The van der Waals surface area contributed by atoms with Crippen molar-refractivity contribution in [3.05, 3.63) is 83.7 Å². The topological polar surface area (TPSA) is 80.2 Å². The molecule has 4 aromatic rings. The summed E-state index contributed by atoms with van der Waals surface area (Å²) in [4.78, 5) is 24.3.